The minimum atomic E-state index is -1.36. The average Bonchev–Trinajstić information content (AvgIpc) is 2.16. The van der Waals surface area contributed by atoms with E-state index in [-0.39, 0.29) is 40.3 Å². The van der Waals surface area contributed by atoms with Gasteiger partial charge in [0.25, 0.3) is 0 Å². The summed E-state index contributed by atoms with van der Waals surface area (Å²) in [6.07, 6.45) is 0. The Hall–Kier alpha value is -0.610. The molecule has 2 aromatic rings. The molecular weight excluding hydrogens is 225 g/mol. The molecule has 0 amide bonds. The van der Waals surface area contributed by atoms with Crippen molar-refractivity contribution in [1.82, 2.24) is 4.98 Å². The van der Waals surface area contributed by atoms with E-state index in [4.69, 9.17) is 11.6 Å². The van der Waals surface area contributed by atoms with Gasteiger partial charge >= 0.3 is 29.6 Å². The normalized spacial score (nSPS) is 9.67. The number of halogens is 1. The Kier molecular flexibility index (Phi) is 4.11. The van der Waals surface area contributed by atoms with Crippen LogP contribution in [-0.4, -0.2) is 11.0 Å². The predicted molar refractivity (Wildman–Crippen MR) is 51.1 cm³/mol. The maximum absolute atomic E-state index is 10.6. The third-order valence-corrected chi connectivity index (χ3v) is 2.16. The number of nitrogens with zero attached hydrogens (tertiary/aromatic N) is 1. The van der Waals surface area contributed by atoms with Gasteiger partial charge in [-0.25, -0.2) is 4.98 Å². The van der Waals surface area contributed by atoms with Gasteiger partial charge in [-0.1, -0.05) is 29.8 Å². The molecule has 0 saturated heterocycles. The van der Waals surface area contributed by atoms with Crippen molar-refractivity contribution in [1.29, 1.82) is 0 Å². The molecule has 0 aliphatic carbocycles. The van der Waals surface area contributed by atoms with Crippen molar-refractivity contribution in [2.75, 3.05) is 0 Å². The van der Waals surface area contributed by atoms with Gasteiger partial charge in [-0.15, -0.1) is 0 Å². The number of pyridine rings is 1. The van der Waals surface area contributed by atoms with E-state index in [9.17, 15) is 9.90 Å². The molecule has 0 fully saturated rings. The number of fused-ring (bicyclic) bond motifs is 1. The molecule has 1 heterocycles. The van der Waals surface area contributed by atoms with Gasteiger partial charge in [0.1, 0.15) is 5.69 Å². The number of carboxylic acid groups (broad SMARTS) is 1. The van der Waals surface area contributed by atoms with Gasteiger partial charge in [0.2, 0.25) is 0 Å². The number of aromatic nitrogens is 1. The molecule has 15 heavy (non-hydrogen) atoms. The first-order chi connectivity index (χ1) is 6.68. The van der Waals surface area contributed by atoms with Crippen LogP contribution in [0.4, 0.5) is 0 Å². The van der Waals surface area contributed by atoms with Gasteiger partial charge in [-0.05, 0) is 12.1 Å². The minimum absolute atomic E-state index is 0. The van der Waals surface area contributed by atoms with Gasteiger partial charge in [-0.2, -0.15) is 0 Å². The van der Waals surface area contributed by atoms with Gasteiger partial charge in [0, 0.05) is 5.39 Å². The zero-order valence-corrected chi connectivity index (χ0v) is 10.8. The van der Waals surface area contributed by atoms with Crippen LogP contribution in [0.2, 0.25) is 5.02 Å². The number of aromatic carboxylic acids is 1. The van der Waals surface area contributed by atoms with Crippen LogP contribution in [0, 0.1) is 0 Å². The topological polar surface area (TPSA) is 53.0 Å². The molecule has 0 radical (unpaired) electrons. The summed E-state index contributed by atoms with van der Waals surface area (Å²) in [5, 5.41) is 11.5. The number of carboxylic acids is 1. The average molecular weight is 230 g/mol. The molecule has 5 heteroatoms. The first-order valence-electron chi connectivity index (χ1n) is 3.95. The van der Waals surface area contributed by atoms with E-state index in [0.717, 1.165) is 5.39 Å². The van der Waals surface area contributed by atoms with E-state index in [1.807, 2.05) is 12.1 Å². The molecule has 1 aromatic carbocycles. The van der Waals surface area contributed by atoms with E-state index in [2.05, 4.69) is 4.98 Å². The molecule has 0 bridgehead atoms. The van der Waals surface area contributed by atoms with Crippen molar-refractivity contribution in [3.63, 3.8) is 0 Å². The summed E-state index contributed by atoms with van der Waals surface area (Å²) < 4.78 is 0. The largest absolute Gasteiger partial charge is 1.00 e. The van der Waals surface area contributed by atoms with E-state index < -0.39 is 5.97 Å². The van der Waals surface area contributed by atoms with Crippen molar-refractivity contribution >= 4 is 28.5 Å². The quantitative estimate of drug-likeness (QED) is 0.546. The summed E-state index contributed by atoms with van der Waals surface area (Å²) in [6.45, 7) is 0. The summed E-state index contributed by atoms with van der Waals surface area (Å²) in [5.41, 5.74) is 0.376. The van der Waals surface area contributed by atoms with Crippen LogP contribution in [0.15, 0.2) is 30.3 Å². The Bertz CT molecular complexity index is 516. The Balaban J connectivity index is 0.00000112. The molecule has 0 N–H and O–H groups in total. The fourth-order valence-electron chi connectivity index (χ4n) is 1.23. The first kappa shape index (κ1) is 12.5. The molecule has 0 aliphatic heterocycles. The molecule has 3 nitrogen and oxygen atoms in total. The van der Waals surface area contributed by atoms with Crippen LogP contribution < -0.4 is 34.7 Å². The van der Waals surface area contributed by atoms with Gasteiger partial charge in [0.05, 0.1) is 16.5 Å². The van der Waals surface area contributed by atoms with Crippen LogP contribution >= 0.6 is 11.6 Å². The van der Waals surface area contributed by atoms with Crippen molar-refractivity contribution < 1.29 is 39.5 Å². The maximum atomic E-state index is 10.6. The Morgan fingerprint density at radius 3 is 2.67 bits per heavy atom. The number of carbonyl (C=O) groups is 1. The monoisotopic (exact) mass is 229 g/mol. The van der Waals surface area contributed by atoms with Gasteiger partial charge < -0.3 is 9.90 Å². The second-order valence-corrected chi connectivity index (χ2v) is 3.21. The summed E-state index contributed by atoms with van der Waals surface area (Å²) in [5.74, 6) is -1.36. The third-order valence-electron chi connectivity index (χ3n) is 1.87. The summed E-state index contributed by atoms with van der Waals surface area (Å²) in [6, 6.07) is 8.71. The Morgan fingerprint density at radius 2 is 2.00 bits per heavy atom. The first-order valence-corrected chi connectivity index (χ1v) is 4.33. The smallest absolute Gasteiger partial charge is 0.543 e. The summed E-state index contributed by atoms with van der Waals surface area (Å²) in [4.78, 5) is 14.5. The SMILES string of the molecule is O=C([O-])c1nc2ccccc2cc1Cl.[Na+]. The molecule has 2 rings (SSSR count). The van der Waals surface area contributed by atoms with Crippen LogP contribution in [0.3, 0.4) is 0 Å². The van der Waals surface area contributed by atoms with Crippen molar-refractivity contribution in [3.05, 3.63) is 41.0 Å². The zero-order valence-electron chi connectivity index (χ0n) is 8.03. The van der Waals surface area contributed by atoms with Gasteiger partial charge in [0.15, 0.2) is 0 Å². The Labute approximate surface area is 113 Å². The number of hydrogen-bond acceptors (Lipinski definition) is 3. The second-order valence-electron chi connectivity index (χ2n) is 2.80. The minimum Gasteiger partial charge on any atom is -0.543 e. The molecule has 70 valence electrons. The number of para-hydroxylation sites is 1. The van der Waals surface area contributed by atoms with E-state index >= 15 is 0 Å². The fourth-order valence-corrected chi connectivity index (χ4v) is 1.47. The van der Waals surface area contributed by atoms with E-state index in [0.29, 0.717) is 5.52 Å². The van der Waals surface area contributed by atoms with Crippen molar-refractivity contribution in [3.8, 4) is 0 Å². The maximum Gasteiger partial charge on any atom is 1.00 e. The van der Waals surface area contributed by atoms with E-state index in [1.54, 1.807) is 18.2 Å². The second kappa shape index (κ2) is 4.94. The van der Waals surface area contributed by atoms with Gasteiger partial charge in [-0.3, -0.25) is 0 Å². The number of hydrogen-bond donors (Lipinski definition) is 0. The van der Waals surface area contributed by atoms with Crippen LogP contribution in [-0.2, 0) is 0 Å². The number of rotatable bonds is 1. The van der Waals surface area contributed by atoms with Crippen molar-refractivity contribution in [2.24, 2.45) is 0 Å². The van der Waals surface area contributed by atoms with E-state index in [1.165, 1.54) is 0 Å². The molecule has 0 saturated carbocycles. The van der Waals surface area contributed by atoms with Crippen LogP contribution in [0.1, 0.15) is 10.5 Å². The van der Waals surface area contributed by atoms with Crippen LogP contribution in [0.25, 0.3) is 10.9 Å². The molecular formula is C10H5ClNNaO2. The van der Waals surface area contributed by atoms with Crippen LogP contribution in [0.5, 0.6) is 0 Å². The molecule has 0 spiro atoms. The summed E-state index contributed by atoms with van der Waals surface area (Å²) >= 11 is 5.71. The molecule has 0 aliphatic rings. The predicted octanol–water partition coefficient (Wildman–Crippen LogP) is -1.74. The van der Waals surface area contributed by atoms with Crippen molar-refractivity contribution in [2.45, 2.75) is 0 Å². The standard InChI is InChI=1S/C10H6ClNO2.Na/c11-7-5-6-3-1-2-4-8(6)12-9(7)10(13)14;/h1-5H,(H,13,14);/q;+1/p-1. The third kappa shape index (κ3) is 2.49. The summed E-state index contributed by atoms with van der Waals surface area (Å²) in [7, 11) is 0. The molecule has 0 atom stereocenters. The zero-order chi connectivity index (χ0) is 10.1. The molecule has 0 unspecified atom stereocenters. The number of carbonyl (C=O) groups excluding carboxylic acids is 1. The Morgan fingerprint density at radius 1 is 1.33 bits per heavy atom. The molecule has 1 aromatic heterocycles. The number of benzene rings is 1. The fraction of sp³-hybridized carbons (Fsp3) is 0.